The summed E-state index contributed by atoms with van der Waals surface area (Å²) >= 11 is 0. The molecule has 0 spiro atoms. The van der Waals surface area contributed by atoms with Crippen molar-refractivity contribution in [2.45, 2.75) is 26.4 Å². The zero-order valence-corrected chi connectivity index (χ0v) is 11.0. The van der Waals surface area contributed by atoms with E-state index >= 15 is 0 Å². The predicted octanol–water partition coefficient (Wildman–Crippen LogP) is 3.86. The monoisotopic (exact) mass is 262 g/mol. The predicted molar refractivity (Wildman–Crippen MR) is 70.9 cm³/mol. The number of rotatable bonds is 3. The van der Waals surface area contributed by atoms with Crippen LogP contribution < -0.4 is 0 Å². The van der Waals surface area contributed by atoms with Gasteiger partial charge in [-0.1, -0.05) is 35.9 Å². The molecule has 1 nitrogen and oxygen atoms in total. The van der Waals surface area contributed by atoms with Crippen LogP contribution in [0.3, 0.4) is 0 Å². The van der Waals surface area contributed by atoms with Crippen LogP contribution >= 0.6 is 0 Å². The molecular formula is C16H16F2O. The van der Waals surface area contributed by atoms with Crippen LogP contribution in [0.1, 0.15) is 28.4 Å². The maximum absolute atomic E-state index is 13.6. The number of benzene rings is 2. The largest absolute Gasteiger partial charge is 0.388 e. The Morgan fingerprint density at radius 2 is 1.84 bits per heavy atom. The molecule has 0 aliphatic rings. The van der Waals surface area contributed by atoms with E-state index in [9.17, 15) is 13.9 Å². The number of halogens is 2. The van der Waals surface area contributed by atoms with E-state index in [0.717, 1.165) is 22.8 Å². The van der Waals surface area contributed by atoms with E-state index in [1.54, 1.807) is 0 Å². The minimum Gasteiger partial charge on any atom is -0.388 e. The lowest BCUT2D eigenvalue weighted by Crippen LogP contribution is -2.07. The molecule has 1 atom stereocenters. The van der Waals surface area contributed by atoms with Crippen LogP contribution in [-0.2, 0) is 6.42 Å². The third-order valence-corrected chi connectivity index (χ3v) is 3.26. The summed E-state index contributed by atoms with van der Waals surface area (Å²) in [5.74, 6) is -1.90. The Hall–Kier alpha value is -1.74. The van der Waals surface area contributed by atoms with E-state index in [2.05, 4.69) is 0 Å². The van der Waals surface area contributed by atoms with E-state index < -0.39 is 17.7 Å². The first-order valence-corrected chi connectivity index (χ1v) is 6.17. The maximum atomic E-state index is 13.6. The van der Waals surface area contributed by atoms with E-state index in [4.69, 9.17) is 0 Å². The fourth-order valence-electron chi connectivity index (χ4n) is 2.12. The van der Waals surface area contributed by atoms with Gasteiger partial charge in [0.15, 0.2) is 11.6 Å². The smallest absolute Gasteiger partial charge is 0.164 e. The van der Waals surface area contributed by atoms with Crippen molar-refractivity contribution in [3.05, 3.63) is 70.3 Å². The van der Waals surface area contributed by atoms with Crippen LogP contribution in [0.2, 0.25) is 0 Å². The molecule has 3 heteroatoms. The normalized spacial score (nSPS) is 12.5. The number of aliphatic hydroxyl groups excluding tert-OH is 1. The van der Waals surface area contributed by atoms with Crippen molar-refractivity contribution >= 4 is 0 Å². The summed E-state index contributed by atoms with van der Waals surface area (Å²) in [6.45, 7) is 3.89. The van der Waals surface area contributed by atoms with Crippen LogP contribution in [0.25, 0.3) is 0 Å². The van der Waals surface area contributed by atoms with E-state index in [0.29, 0.717) is 0 Å². The summed E-state index contributed by atoms with van der Waals surface area (Å²) < 4.78 is 26.7. The molecule has 2 aromatic rings. The molecule has 0 bridgehead atoms. The van der Waals surface area contributed by atoms with Gasteiger partial charge >= 0.3 is 0 Å². The van der Waals surface area contributed by atoms with Gasteiger partial charge in [0, 0.05) is 12.0 Å². The Balaban J connectivity index is 2.28. The highest BCUT2D eigenvalue weighted by molar-refractivity contribution is 5.32. The van der Waals surface area contributed by atoms with Crippen molar-refractivity contribution in [1.29, 1.82) is 0 Å². The third-order valence-electron chi connectivity index (χ3n) is 3.26. The molecule has 19 heavy (non-hydrogen) atoms. The summed E-state index contributed by atoms with van der Waals surface area (Å²) in [6, 6.07) is 9.75. The molecule has 0 aliphatic heterocycles. The van der Waals surface area contributed by atoms with Crippen molar-refractivity contribution in [2.75, 3.05) is 0 Å². The third kappa shape index (κ3) is 2.99. The van der Waals surface area contributed by atoms with Gasteiger partial charge in [0.1, 0.15) is 0 Å². The highest BCUT2D eigenvalue weighted by Crippen LogP contribution is 2.24. The van der Waals surface area contributed by atoms with Gasteiger partial charge in [-0.05, 0) is 31.0 Å². The Kier molecular flexibility index (Phi) is 3.96. The summed E-state index contributed by atoms with van der Waals surface area (Å²) in [5.41, 5.74) is 3.05. The number of aryl methyl sites for hydroxylation is 2. The average Bonchev–Trinajstić information content (AvgIpc) is 2.37. The van der Waals surface area contributed by atoms with E-state index in [1.807, 2.05) is 32.0 Å². The van der Waals surface area contributed by atoms with Crippen LogP contribution in [0, 0.1) is 25.5 Å². The molecule has 0 heterocycles. The lowest BCUT2D eigenvalue weighted by atomic mass is 9.96. The van der Waals surface area contributed by atoms with Gasteiger partial charge < -0.3 is 5.11 Å². The highest BCUT2D eigenvalue weighted by Gasteiger charge is 2.17. The summed E-state index contributed by atoms with van der Waals surface area (Å²) in [4.78, 5) is 0. The number of hydrogen-bond acceptors (Lipinski definition) is 1. The van der Waals surface area contributed by atoms with Crippen LogP contribution in [0.15, 0.2) is 36.4 Å². The summed E-state index contributed by atoms with van der Waals surface area (Å²) in [5, 5.41) is 10.1. The van der Waals surface area contributed by atoms with Crippen molar-refractivity contribution in [3.8, 4) is 0 Å². The molecule has 0 fully saturated rings. The maximum Gasteiger partial charge on any atom is 0.164 e. The van der Waals surface area contributed by atoms with Crippen molar-refractivity contribution in [1.82, 2.24) is 0 Å². The minimum atomic E-state index is -1.05. The van der Waals surface area contributed by atoms with Crippen LogP contribution in [0.4, 0.5) is 8.78 Å². The van der Waals surface area contributed by atoms with Crippen molar-refractivity contribution in [3.63, 3.8) is 0 Å². The van der Waals surface area contributed by atoms with Crippen LogP contribution in [-0.4, -0.2) is 5.11 Å². The lowest BCUT2D eigenvalue weighted by molar-refractivity contribution is 0.172. The van der Waals surface area contributed by atoms with Gasteiger partial charge in [0.2, 0.25) is 0 Å². The molecular weight excluding hydrogens is 246 g/mol. The summed E-state index contributed by atoms with van der Waals surface area (Å²) in [7, 11) is 0. The van der Waals surface area contributed by atoms with Gasteiger partial charge in [0.25, 0.3) is 0 Å². The second-order valence-corrected chi connectivity index (χ2v) is 4.79. The average molecular weight is 262 g/mol. The van der Waals surface area contributed by atoms with Crippen molar-refractivity contribution in [2.24, 2.45) is 0 Å². The van der Waals surface area contributed by atoms with Gasteiger partial charge in [-0.2, -0.15) is 0 Å². The molecule has 0 saturated heterocycles. The Morgan fingerprint density at radius 3 is 2.58 bits per heavy atom. The fraction of sp³-hybridized carbons (Fsp3) is 0.250. The first kappa shape index (κ1) is 13.7. The number of hydrogen-bond donors (Lipinski definition) is 1. The van der Waals surface area contributed by atoms with Gasteiger partial charge in [0.05, 0.1) is 6.10 Å². The molecule has 0 amide bonds. The second-order valence-electron chi connectivity index (χ2n) is 4.79. The fourth-order valence-corrected chi connectivity index (χ4v) is 2.12. The quantitative estimate of drug-likeness (QED) is 0.890. The lowest BCUT2D eigenvalue weighted by Gasteiger charge is -2.14. The number of aliphatic hydroxyl groups is 1. The second kappa shape index (κ2) is 5.49. The molecule has 2 rings (SSSR count). The van der Waals surface area contributed by atoms with Gasteiger partial charge in [-0.15, -0.1) is 0 Å². The molecule has 1 N–H and O–H groups in total. The highest BCUT2D eigenvalue weighted by atomic mass is 19.2. The van der Waals surface area contributed by atoms with Gasteiger partial charge in [-0.25, -0.2) is 8.78 Å². The molecule has 0 saturated carbocycles. The first-order chi connectivity index (χ1) is 8.99. The molecule has 0 aromatic heterocycles. The SMILES string of the molecule is Cc1ccc(C)c(CC(O)c2cccc(F)c2F)c1. The van der Waals surface area contributed by atoms with E-state index in [-0.39, 0.29) is 12.0 Å². The first-order valence-electron chi connectivity index (χ1n) is 6.17. The molecule has 100 valence electrons. The minimum absolute atomic E-state index is 0.000839. The zero-order chi connectivity index (χ0) is 14.0. The Labute approximate surface area is 111 Å². The van der Waals surface area contributed by atoms with Gasteiger partial charge in [-0.3, -0.25) is 0 Å². The zero-order valence-electron chi connectivity index (χ0n) is 11.0. The Bertz CT molecular complexity index is 593. The molecule has 2 aromatic carbocycles. The standard InChI is InChI=1S/C16H16F2O/c1-10-6-7-11(2)12(8-10)9-15(19)13-4-3-5-14(17)16(13)18/h3-8,15,19H,9H2,1-2H3. The topological polar surface area (TPSA) is 20.2 Å². The molecule has 1 unspecified atom stereocenters. The van der Waals surface area contributed by atoms with E-state index in [1.165, 1.54) is 12.1 Å². The Morgan fingerprint density at radius 1 is 1.11 bits per heavy atom. The van der Waals surface area contributed by atoms with Crippen LogP contribution in [0.5, 0.6) is 0 Å². The summed E-state index contributed by atoms with van der Waals surface area (Å²) in [6.07, 6.45) is -0.773. The molecule has 0 radical (unpaired) electrons. The molecule has 0 aliphatic carbocycles. The van der Waals surface area contributed by atoms with Crippen molar-refractivity contribution < 1.29 is 13.9 Å².